The predicted octanol–water partition coefficient (Wildman–Crippen LogP) is 6.66. The van der Waals surface area contributed by atoms with Crippen LogP contribution in [0, 0.1) is 22.2 Å². The van der Waals surface area contributed by atoms with Crippen molar-refractivity contribution in [3.63, 3.8) is 0 Å². The number of nitrogens with two attached hydrogens (primary N) is 1. The fourth-order valence-electron chi connectivity index (χ4n) is 6.87. The minimum absolute atomic E-state index is 0.00291. The highest BCUT2D eigenvalue weighted by Crippen LogP contribution is 2.51. The molecule has 5 rings (SSSR count). The van der Waals surface area contributed by atoms with Crippen LogP contribution in [0.1, 0.15) is 109 Å². The number of halogens is 2. The molecule has 2 atom stereocenters. The molecule has 1 spiro atoms. The van der Waals surface area contributed by atoms with Crippen LogP contribution < -0.4 is 20.5 Å². The maximum Gasteiger partial charge on any atom is 0.586 e. The number of aliphatic hydroxyl groups is 1. The molecule has 11 heteroatoms. The number of ether oxygens (including phenoxy) is 2. The third kappa shape index (κ3) is 7.20. The molecule has 0 bridgehead atoms. The lowest BCUT2D eigenvalue weighted by Gasteiger charge is -2.47. The normalized spacial score (nSPS) is 23.8. The molecule has 9 nitrogen and oxygen atoms in total. The van der Waals surface area contributed by atoms with Crippen LogP contribution in [0.4, 0.5) is 8.78 Å². The molecule has 2 aliphatic heterocycles. The maximum absolute atomic E-state index is 14.6. The number of hydrogen-bond donors (Lipinski definition) is 4. The van der Waals surface area contributed by atoms with E-state index in [9.17, 15) is 18.7 Å². The number of hydrogen-bond acceptors (Lipinski definition) is 7. The van der Waals surface area contributed by atoms with Crippen molar-refractivity contribution >= 4 is 17.5 Å². The van der Waals surface area contributed by atoms with Gasteiger partial charge in [-0.25, -0.2) is 0 Å². The second-order valence-corrected chi connectivity index (χ2v) is 15.2. The van der Waals surface area contributed by atoms with Crippen molar-refractivity contribution in [2.45, 2.75) is 104 Å². The number of carbonyl (C=O) groups is 1. The fraction of sp³-hybridized carbons (Fsp3) is 0.571. The summed E-state index contributed by atoms with van der Waals surface area (Å²) >= 11 is 0. The Kier molecular flexibility index (Phi) is 8.98. The number of amides is 1. The molecule has 0 saturated heterocycles. The number of aliphatic imine (C=N–C) groups is 1. The summed E-state index contributed by atoms with van der Waals surface area (Å²) in [4.78, 5) is 21.8. The summed E-state index contributed by atoms with van der Waals surface area (Å²) in [5.74, 6) is -0.0628. The topological polar surface area (TPSA) is 133 Å². The molecular formula is C35H47F2N5O4. The Balaban J connectivity index is 1.54. The molecule has 2 heterocycles. The van der Waals surface area contributed by atoms with Crippen molar-refractivity contribution in [2.24, 2.45) is 27.5 Å². The Bertz CT molecular complexity index is 1490. The van der Waals surface area contributed by atoms with E-state index in [4.69, 9.17) is 20.9 Å². The van der Waals surface area contributed by atoms with Crippen LogP contribution in [0.5, 0.6) is 11.5 Å². The number of amidine groups is 1. The Hall–Kier alpha value is -3.57. The highest BCUT2D eigenvalue weighted by Gasteiger charge is 2.53. The summed E-state index contributed by atoms with van der Waals surface area (Å²) in [7, 11) is 0. The number of carbonyl (C=O) groups excluding carboxylic acids is 1. The van der Waals surface area contributed by atoms with Crippen LogP contribution in [0.3, 0.4) is 0 Å². The second kappa shape index (κ2) is 12.2. The minimum atomic E-state index is -3.76. The van der Waals surface area contributed by atoms with E-state index in [2.05, 4.69) is 51.6 Å². The Morgan fingerprint density at radius 2 is 1.67 bits per heavy atom. The molecule has 0 radical (unpaired) electrons. The number of fused-ring (bicyclic) bond motifs is 1. The van der Waals surface area contributed by atoms with Gasteiger partial charge in [0.15, 0.2) is 11.5 Å². The summed E-state index contributed by atoms with van der Waals surface area (Å²) in [6, 6.07) is 11.6. The monoisotopic (exact) mass is 639 g/mol. The Morgan fingerprint density at radius 3 is 2.26 bits per heavy atom. The first kappa shape index (κ1) is 33.8. The van der Waals surface area contributed by atoms with E-state index in [0.717, 1.165) is 24.8 Å². The minimum Gasteiger partial charge on any atom is -0.395 e. The molecule has 1 fully saturated rings. The van der Waals surface area contributed by atoms with Crippen LogP contribution in [0.25, 0.3) is 0 Å². The van der Waals surface area contributed by atoms with Gasteiger partial charge in [0.25, 0.3) is 5.91 Å². The van der Waals surface area contributed by atoms with Gasteiger partial charge in [-0.15, -0.1) is 8.78 Å². The summed E-state index contributed by atoms with van der Waals surface area (Å²) in [6.07, 6.45) is -0.0872. The molecule has 3 aliphatic rings. The molecule has 250 valence electrons. The van der Waals surface area contributed by atoms with Crippen LogP contribution in [0.15, 0.2) is 47.5 Å². The zero-order valence-electron chi connectivity index (χ0n) is 27.6. The van der Waals surface area contributed by atoms with Crippen LogP contribution >= 0.6 is 0 Å². The Morgan fingerprint density at radius 1 is 1.07 bits per heavy atom. The van der Waals surface area contributed by atoms with Gasteiger partial charge in [0, 0.05) is 5.56 Å². The molecule has 1 unspecified atom stereocenters. The van der Waals surface area contributed by atoms with Gasteiger partial charge in [-0.05, 0) is 84.6 Å². The fourth-order valence-corrected chi connectivity index (χ4v) is 6.87. The van der Waals surface area contributed by atoms with Gasteiger partial charge in [0.2, 0.25) is 0 Å². The lowest BCUT2D eigenvalue weighted by atomic mass is 9.69. The predicted molar refractivity (Wildman–Crippen MR) is 173 cm³/mol. The van der Waals surface area contributed by atoms with Crippen molar-refractivity contribution in [3.8, 4) is 11.5 Å². The van der Waals surface area contributed by atoms with Crippen LogP contribution in [0.2, 0.25) is 0 Å². The second-order valence-electron chi connectivity index (χ2n) is 15.2. The third-order valence-electron chi connectivity index (χ3n) is 9.48. The molecule has 5 N–H and O–H groups in total. The van der Waals surface area contributed by atoms with Gasteiger partial charge in [0.05, 0.1) is 12.6 Å². The van der Waals surface area contributed by atoms with Crippen LogP contribution in [-0.4, -0.2) is 46.0 Å². The van der Waals surface area contributed by atoms with E-state index >= 15 is 0 Å². The van der Waals surface area contributed by atoms with Gasteiger partial charge < -0.3 is 25.2 Å². The number of alkyl halides is 2. The number of nitrogens with one attached hydrogen (secondary N) is 2. The standard InChI is InChI=1S/C35H47F2N5O4/c1-32(2,3)16-15-25(21-7-9-22(10-8-21)30(43)40-20-28(38)39)42-31(44)29(23-11-12-26-27(19-23)46-35(36,37)45-26)41-34(42)17-13-24(14-18-34)33(4,5)6/h7-12,19,24-25,30,40,43H,13-18,20H2,1-6H3,(H3,38,39)/t24?,25-,30?,34?/m1/s1. The average molecular weight is 640 g/mol. The molecule has 1 amide bonds. The van der Waals surface area contributed by atoms with E-state index in [-0.39, 0.29) is 52.4 Å². The first-order chi connectivity index (χ1) is 21.4. The number of rotatable bonds is 9. The summed E-state index contributed by atoms with van der Waals surface area (Å²) < 4.78 is 37.0. The molecule has 2 aromatic carbocycles. The van der Waals surface area contributed by atoms with E-state index in [1.54, 1.807) is 6.07 Å². The average Bonchev–Trinajstić information content (AvgIpc) is 3.42. The third-order valence-corrected chi connectivity index (χ3v) is 9.48. The Labute approximate surface area is 270 Å². The van der Waals surface area contributed by atoms with Crippen molar-refractivity contribution in [3.05, 3.63) is 59.2 Å². The summed E-state index contributed by atoms with van der Waals surface area (Å²) in [5, 5.41) is 20.9. The number of benzene rings is 2. The first-order valence-corrected chi connectivity index (χ1v) is 16.1. The van der Waals surface area contributed by atoms with E-state index in [1.807, 2.05) is 29.2 Å². The highest BCUT2D eigenvalue weighted by atomic mass is 19.3. The largest absolute Gasteiger partial charge is 0.586 e. The molecule has 1 saturated carbocycles. The SMILES string of the molecule is CC(C)(C)CC[C@H](c1ccc(C(O)NCC(=N)N)cc1)N1C(=O)C(c2ccc3c(c2)OC(F)(F)O3)=NC12CCC(C(C)(C)C)CC2. The smallest absolute Gasteiger partial charge is 0.395 e. The van der Waals surface area contributed by atoms with E-state index in [1.165, 1.54) is 12.1 Å². The van der Waals surface area contributed by atoms with Crippen molar-refractivity contribution in [2.75, 3.05) is 6.54 Å². The molecule has 2 aromatic rings. The molecular weight excluding hydrogens is 592 g/mol. The lowest BCUT2D eigenvalue weighted by Crippen LogP contribution is -2.51. The van der Waals surface area contributed by atoms with Gasteiger partial charge in [-0.3, -0.25) is 20.5 Å². The highest BCUT2D eigenvalue weighted by molar-refractivity contribution is 6.47. The van der Waals surface area contributed by atoms with Gasteiger partial charge in [-0.1, -0.05) is 65.8 Å². The quantitative estimate of drug-likeness (QED) is 0.138. The van der Waals surface area contributed by atoms with Crippen molar-refractivity contribution in [1.82, 2.24) is 10.2 Å². The first-order valence-electron chi connectivity index (χ1n) is 16.1. The van der Waals surface area contributed by atoms with Crippen molar-refractivity contribution < 1.29 is 28.2 Å². The van der Waals surface area contributed by atoms with Gasteiger partial charge in [-0.2, -0.15) is 0 Å². The number of nitrogens with zero attached hydrogens (tertiary/aromatic N) is 2. The van der Waals surface area contributed by atoms with E-state index < -0.39 is 18.2 Å². The molecule has 46 heavy (non-hydrogen) atoms. The summed E-state index contributed by atoms with van der Waals surface area (Å²) in [5.41, 5.74) is 6.93. The molecule has 1 aliphatic carbocycles. The zero-order valence-corrected chi connectivity index (χ0v) is 27.6. The van der Waals surface area contributed by atoms with Crippen LogP contribution in [-0.2, 0) is 4.79 Å². The van der Waals surface area contributed by atoms with E-state index in [0.29, 0.717) is 36.3 Å². The van der Waals surface area contributed by atoms with Gasteiger partial charge >= 0.3 is 6.29 Å². The maximum atomic E-state index is 14.6. The zero-order chi connectivity index (χ0) is 33.7. The molecule has 0 aromatic heterocycles. The van der Waals surface area contributed by atoms with Gasteiger partial charge in [0.1, 0.15) is 23.4 Å². The van der Waals surface area contributed by atoms with Crippen molar-refractivity contribution in [1.29, 1.82) is 5.41 Å². The lowest BCUT2D eigenvalue weighted by molar-refractivity contribution is -0.286. The number of aliphatic hydroxyl groups excluding tert-OH is 1. The summed E-state index contributed by atoms with van der Waals surface area (Å²) in [6.45, 7) is 13.3.